The number of hydrogen-bond donors (Lipinski definition) is 2. The summed E-state index contributed by atoms with van der Waals surface area (Å²) in [5.41, 5.74) is 1.28. The third-order valence-electron chi connectivity index (χ3n) is 3.64. The SMILES string of the molecule is CCc1ccsc1CNC(=O)N1CCN(CC(=O)O)CC1. The predicted molar refractivity (Wildman–Crippen MR) is 81.6 cm³/mol. The molecule has 6 nitrogen and oxygen atoms in total. The van der Waals surface area contributed by atoms with E-state index in [1.54, 1.807) is 16.2 Å². The second kappa shape index (κ2) is 7.42. The van der Waals surface area contributed by atoms with Crippen molar-refractivity contribution in [2.24, 2.45) is 0 Å². The summed E-state index contributed by atoms with van der Waals surface area (Å²) in [7, 11) is 0. The molecule has 1 aromatic rings. The van der Waals surface area contributed by atoms with E-state index < -0.39 is 5.97 Å². The minimum Gasteiger partial charge on any atom is -0.480 e. The van der Waals surface area contributed by atoms with Crippen molar-refractivity contribution in [1.82, 2.24) is 15.1 Å². The van der Waals surface area contributed by atoms with Crippen molar-refractivity contribution in [3.63, 3.8) is 0 Å². The van der Waals surface area contributed by atoms with Gasteiger partial charge < -0.3 is 15.3 Å². The molecule has 0 radical (unpaired) electrons. The molecular weight excluding hydrogens is 290 g/mol. The van der Waals surface area contributed by atoms with Crippen molar-refractivity contribution in [2.45, 2.75) is 19.9 Å². The smallest absolute Gasteiger partial charge is 0.317 e. The molecule has 1 saturated heterocycles. The summed E-state index contributed by atoms with van der Waals surface area (Å²) in [6, 6.07) is 2.03. The lowest BCUT2D eigenvalue weighted by molar-refractivity contribution is -0.138. The van der Waals surface area contributed by atoms with Crippen molar-refractivity contribution in [3.05, 3.63) is 21.9 Å². The third kappa shape index (κ3) is 4.44. The standard InChI is InChI=1S/C14H21N3O3S/c1-2-11-3-8-21-12(11)9-15-14(20)17-6-4-16(5-7-17)10-13(18)19/h3,8H,2,4-7,9-10H2,1H3,(H,15,20)(H,18,19). The molecule has 2 rings (SSSR count). The van der Waals surface area contributed by atoms with Gasteiger partial charge in [-0.2, -0.15) is 0 Å². The Bertz CT molecular complexity index is 495. The first-order valence-corrected chi connectivity index (χ1v) is 8.00. The van der Waals surface area contributed by atoms with Crippen molar-refractivity contribution >= 4 is 23.3 Å². The normalized spacial score (nSPS) is 16.0. The molecule has 0 aliphatic carbocycles. The zero-order valence-electron chi connectivity index (χ0n) is 12.2. The Hall–Kier alpha value is -1.60. The number of hydrogen-bond acceptors (Lipinski definition) is 4. The summed E-state index contributed by atoms with van der Waals surface area (Å²) in [5, 5.41) is 13.7. The van der Waals surface area contributed by atoms with Crippen molar-refractivity contribution in [3.8, 4) is 0 Å². The Morgan fingerprint density at radius 2 is 2.05 bits per heavy atom. The first-order valence-electron chi connectivity index (χ1n) is 7.12. The van der Waals surface area contributed by atoms with E-state index in [0.717, 1.165) is 6.42 Å². The van der Waals surface area contributed by atoms with Gasteiger partial charge in [0.25, 0.3) is 0 Å². The van der Waals surface area contributed by atoms with Crippen LogP contribution in [0.3, 0.4) is 0 Å². The van der Waals surface area contributed by atoms with E-state index in [-0.39, 0.29) is 12.6 Å². The van der Waals surface area contributed by atoms with Gasteiger partial charge in [0.05, 0.1) is 13.1 Å². The van der Waals surface area contributed by atoms with Gasteiger partial charge in [-0.3, -0.25) is 9.69 Å². The Balaban J connectivity index is 1.76. The van der Waals surface area contributed by atoms with Crippen LogP contribution in [0.2, 0.25) is 0 Å². The van der Waals surface area contributed by atoms with Gasteiger partial charge in [-0.25, -0.2) is 4.79 Å². The lowest BCUT2D eigenvalue weighted by Gasteiger charge is -2.33. The second-order valence-corrected chi connectivity index (χ2v) is 6.04. The fraction of sp³-hybridized carbons (Fsp3) is 0.571. The van der Waals surface area contributed by atoms with Crippen LogP contribution in [0, 0.1) is 0 Å². The van der Waals surface area contributed by atoms with Gasteiger partial charge in [-0.05, 0) is 23.4 Å². The minimum atomic E-state index is -0.822. The second-order valence-electron chi connectivity index (χ2n) is 5.04. The number of carbonyl (C=O) groups is 2. The minimum absolute atomic E-state index is 0.0461. The number of carboxylic acids is 1. The van der Waals surface area contributed by atoms with Gasteiger partial charge in [-0.1, -0.05) is 6.92 Å². The van der Waals surface area contributed by atoms with Crippen LogP contribution in [-0.4, -0.2) is 59.6 Å². The zero-order chi connectivity index (χ0) is 15.2. The largest absolute Gasteiger partial charge is 0.480 e. The highest BCUT2D eigenvalue weighted by molar-refractivity contribution is 7.10. The fourth-order valence-corrected chi connectivity index (χ4v) is 3.32. The third-order valence-corrected chi connectivity index (χ3v) is 4.60. The number of nitrogens with one attached hydrogen (secondary N) is 1. The maximum absolute atomic E-state index is 12.1. The number of amides is 2. The van der Waals surface area contributed by atoms with Crippen LogP contribution in [0.15, 0.2) is 11.4 Å². The van der Waals surface area contributed by atoms with Gasteiger partial charge in [0, 0.05) is 31.1 Å². The molecule has 21 heavy (non-hydrogen) atoms. The van der Waals surface area contributed by atoms with Gasteiger partial charge >= 0.3 is 12.0 Å². The molecule has 7 heteroatoms. The van der Waals surface area contributed by atoms with Crippen LogP contribution in [-0.2, 0) is 17.8 Å². The summed E-state index contributed by atoms with van der Waals surface area (Å²) < 4.78 is 0. The highest BCUT2D eigenvalue weighted by Crippen LogP contribution is 2.17. The quantitative estimate of drug-likeness (QED) is 0.857. The van der Waals surface area contributed by atoms with Crippen molar-refractivity contribution < 1.29 is 14.7 Å². The van der Waals surface area contributed by atoms with Gasteiger partial charge in [0.1, 0.15) is 0 Å². The monoisotopic (exact) mass is 311 g/mol. The van der Waals surface area contributed by atoms with E-state index in [0.29, 0.717) is 32.7 Å². The van der Waals surface area contributed by atoms with Crippen molar-refractivity contribution in [1.29, 1.82) is 0 Å². The molecule has 0 saturated carbocycles. The van der Waals surface area contributed by atoms with Crippen LogP contribution in [0.5, 0.6) is 0 Å². The van der Waals surface area contributed by atoms with E-state index >= 15 is 0 Å². The molecule has 0 aromatic carbocycles. The average molecular weight is 311 g/mol. The first-order chi connectivity index (χ1) is 10.1. The molecule has 0 bridgehead atoms. The predicted octanol–water partition coefficient (Wildman–Crippen LogP) is 1.22. The lowest BCUT2D eigenvalue weighted by atomic mass is 10.2. The van der Waals surface area contributed by atoms with Gasteiger partial charge in [0.2, 0.25) is 0 Å². The molecule has 1 fully saturated rings. The number of carbonyl (C=O) groups excluding carboxylic acids is 1. The van der Waals surface area contributed by atoms with E-state index in [1.807, 2.05) is 10.3 Å². The summed E-state index contributed by atoms with van der Waals surface area (Å²) >= 11 is 1.66. The highest BCUT2D eigenvalue weighted by Gasteiger charge is 2.22. The lowest BCUT2D eigenvalue weighted by Crippen LogP contribution is -2.52. The van der Waals surface area contributed by atoms with E-state index in [1.165, 1.54) is 10.4 Å². The number of thiophene rings is 1. The van der Waals surface area contributed by atoms with Crippen LogP contribution < -0.4 is 5.32 Å². The number of carboxylic acid groups (broad SMARTS) is 1. The molecule has 116 valence electrons. The van der Waals surface area contributed by atoms with Crippen LogP contribution in [0.25, 0.3) is 0 Å². The first kappa shape index (κ1) is 15.8. The Kier molecular flexibility index (Phi) is 5.58. The molecule has 1 aliphatic rings. The van der Waals surface area contributed by atoms with Crippen LogP contribution in [0.1, 0.15) is 17.4 Å². The molecule has 0 spiro atoms. The van der Waals surface area contributed by atoms with E-state index in [9.17, 15) is 9.59 Å². The zero-order valence-corrected chi connectivity index (χ0v) is 13.0. The van der Waals surface area contributed by atoms with Crippen molar-refractivity contribution in [2.75, 3.05) is 32.7 Å². The topological polar surface area (TPSA) is 72.9 Å². The Labute approximate surface area is 128 Å². The summed E-state index contributed by atoms with van der Waals surface area (Å²) in [6.07, 6.45) is 0.975. The number of piperazine rings is 1. The summed E-state index contributed by atoms with van der Waals surface area (Å²) in [5.74, 6) is -0.822. The Morgan fingerprint density at radius 3 is 2.67 bits per heavy atom. The maximum Gasteiger partial charge on any atom is 0.317 e. The number of urea groups is 1. The Morgan fingerprint density at radius 1 is 1.33 bits per heavy atom. The molecule has 1 aliphatic heterocycles. The molecular formula is C14H21N3O3S. The van der Waals surface area contributed by atoms with E-state index in [2.05, 4.69) is 18.3 Å². The summed E-state index contributed by atoms with van der Waals surface area (Å²) in [6.45, 7) is 5.08. The van der Waals surface area contributed by atoms with Crippen LogP contribution in [0.4, 0.5) is 4.79 Å². The van der Waals surface area contributed by atoms with Gasteiger partial charge in [0.15, 0.2) is 0 Å². The number of aliphatic carboxylic acids is 1. The molecule has 2 heterocycles. The maximum atomic E-state index is 12.1. The average Bonchev–Trinajstić information content (AvgIpc) is 2.92. The van der Waals surface area contributed by atoms with Crippen LogP contribution >= 0.6 is 11.3 Å². The number of nitrogens with zero attached hydrogens (tertiary/aromatic N) is 2. The number of aryl methyl sites for hydroxylation is 1. The molecule has 2 amide bonds. The highest BCUT2D eigenvalue weighted by atomic mass is 32.1. The fourth-order valence-electron chi connectivity index (χ4n) is 2.41. The molecule has 2 N–H and O–H groups in total. The summed E-state index contributed by atoms with van der Waals surface area (Å²) in [4.78, 5) is 27.5. The van der Waals surface area contributed by atoms with Gasteiger partial charge in [-0.15, -0.1) is 11.3 Å². The molecule has 1 aromatic heterocycles. The number of rotatable bonds is 5. The molecule has 0 atom stereocenters. The van der Waals surface area contributed by atoms with E-state index in [4.69, 9.17) is 5.11 Å². The molecule has 0 unspecified atom stereocenters.